The van der Waals surface area contributed by atoms with Crippen molar-refractivity contribution in [1.82, 2.24) is 14.9 Å². The van der Waals surface area contributed by atoms with Gasteiger partial charge in [-0.2, -0.15) is 5.10 Å². The first kappa shape index (κ1) is 10.6. The zero-order chi connectivity index (χ0) is 12.0. The second kappa shape index (κ2) is 3.72. The monoisotopic (exact) mass is 231 g/mol. The van der Waals surface area contributed by atoms with Gasteiger partial charge in [0.2, 0.25) is 0 Å². The van der Waals surface area contributed by atoms with Crippen LogP contribution in [0.4, 0.5) is 0 Å². The molecule has 2 aromatic heterocycles. The molecule has 2 aromatic rings. The van der Waals surface area contributed by atoms with Crippen LogP contribution < -0.4 is 0 Å². The fraction of sp³-hybridized carbons (Fsp3) is 0.538. The third-order valence-electron chi connectivity index (χ3n) is 3.61. The number of rotatable bonds is 3. The quantitative estimate of drug-likeness (QED) is 0.815. The lowest BCUT2D eigenvalue weighted by molar-refractivity contribution is 0.375. The van der Waals surface area contributed by atoms with E-state index in [0.29, 0.717) is 12.5 Å². The van der Waals surface area contributed by atoms with E-state index in [0.717, 1.165) is 17.1 Å². The predicted octanol–water partition coefficient (Wildman–Crippen LogP) is 2.72. The molecule has 4 heteroatoms. The van der Waals surface area contributed by atoms with Crippen molar-refractivity contribution in [3.05, 3.63) is 34.5 Å². The lowest BCUT2D eigenvalue weighted by Gasteiger charge is -2.00. The summed E-state index contributed by atoms with van der Waals surface area (Å²) >= 11 is 0. The molecule has 1 aliphatic carbocycles. The Morgan fingerprint density at radius 1 is 1.35 bits per heavy atom. The molecule has 3 rings (SSSR count). The van der Waals surface area contributed by atoms with Crippen LogP contribution in [-0.4, -0.2) is 14.9 Å². The van der Waals surface area contributed by atoms with Crippen molar-refractivity contribution in [2.24, 2.45) is 0 Å². The van der Waals surface area contributed by atoms with Crippen molar-refractivity contribution >= 4 is 0 Å². The molecule has 0 atom stereocenters. The zero-order valence-corrected chi connectivity index (χ0v) is 10.5. The van der Waals surface area contributed by atoms with Gasteiger partial charge in [-0.05, 0) is 39.2 Å². The lowest BCUT2D eigenvalue weighted by Crippen LogP contribution is -2.04. The lowest BCUT2D eigenvalue weighted by atomic mass is 10.2. The van der Waals surface area contributed by atoms with Crippen LogP contribution >= 0.6 is 0 Å². The summed E-state index contributed by atoms with van der Waals surface area (Å²) in [5.41, 5.74) is 4.53. The third-order valence-corrected chi connectivity index (χ3v) is 3.61. The Morgan fingerprint density at radius 2 is 2.12 bits per heavy atom. The van der Waals surface area contributed by atoms with Gasteiger partial charge in [0.25, 0.3) is 0 Å². The number of hydrogen-bond donors (Lipinski definition) is 0. The molecule has 2 heterocycles. The smallest absolute Gasteiger partial charge is 0.140 e. The summed E-state index contributed by atoms with van der Waals surface area (Å²) in [6, 6.07) is 2.07. The summed E-state index contributed by atoms with van der Waals surface area (Å²) in [7, 11) is 0. The second-order valence-electron chi connectivity index (χ2n) is 4.95. The Morgan fingerprint density at radius 3 is 2.71 bits per heavy atom. The SMILES string of the molecule is Cc1nn(Cc2cc(C3CC3)on2)c(C)c1C. The maximum atomic E-state index is 5.35. The number of nitrogens with zero attached hydrogens (tertiary/aromatic N) is 3. The predicted molar refractivity (Wildman–Crippen MR) is 64.0 cm³/mol. The third kappa shape index (κ3) is 1.88. The van der Waals surface area contributed by atoms with Gasteiger partial charge >= 0.3 is 0 Å². The van der Waals surface area contributed by atoms with E-state index in [4.69, 9.17) is 4.52 Å². The average molecular weight is 231 g/mol. The van der Waals surface area contributed by atoms with E-state index in [1.54, 1.807) is 0 Å². The van der Waals surface area contributed by atoms with Crippen LogP contribution in [0.1, 0.15) is 47.2 Å². The van der Waals surface area contributed by atoms with Gasteiger partial charge in [-0.25, -0.2) is 0 Å². The number of hydrogen-bond acceptors (Lipinski definition) is 3. The minimum Gasteiger partial charge on any atom is -0.361 e. The summed E-state index contributed by atoms with van der Waals surface area (Å²) in [4.78, 5) is 0. The van der Waals surface area contributed by atoms with Gasteiger partial charge in [0, 0.05) is 17.7 Å². The first-order valence-corrected chi connectivity index (χ1v) is 6.11. The van der Waals surface area contributed by atoms with Crippen molar-refractivity contribution in [3.8, 4) is 0 Å². The second-order valence-corrected chi connectivity index (χ2v) is 4.95. The van der Waals surface area contributed by atoms with E-state index in [2.05, 4.69) is 30.2 Å². The van der Waals surface area contributed by atoms with Gasteiger partial charge in [0.05, 0.1) is 12.2 Å². The fourth-order valence-electron chi connectivity index (χ4n) is 2.06. The summed E-state index contributed by atoms with van der Waals surface area (Å²) in [6.45, 7) is 6.94. The Labute approximate surface area is 101 Å². The molecule has 90 valence electrons. The summed E-state index contributed by atoms with van der Waals surface area (Å²) in [6.07, 6.45) is 2.49. The van der Waals surface area contributed by atoms with Crippen LogP contribution in [-0.2, 0) is 6.54 Å². The van der Waals surface area contributed by atoms with Gasteiger partial charge in [0.15, 0.2) is 0 Å². The topological polar surface area (TPSA) is 43.9 Å². The summed E-state index contributed by atoms with van der Waals surface area (Å²) in [5.74, 6) is 1.66. The molecule has 0 saturated heterocycles. The molecule has 0 aromatic carbocycles. The molecule has 0 amide bonds. The van der Waals surface area contributed by atoms with Crippen molar-refractivity contribution in [3.63, 3.8) is 0 Å². The Kier molecular flexibility index (Phi) is 2.31. The Bertz CT molecular complexity index is 549. The maximum Gasteiger partial charge on any atom is 0.140 e. The van der Waals surface area contributed by atoms with E-state index >= 15 is 0 Å². The molecule has 4 nitrogen and oxygen atoms in total. The van der Waals surface area contributed by atoms with Crippen LogP contribution in [0.3, 0.4) is 0 Å². The van der Waals surface area contributed by atoms with Crippen LogP contribution in [0.5, 0.6) is 0 Å². The van der Waals surface area contributed by atoms with Crippen LogP contribution in [0.15, 0.2) is 10.6 Å². The van der Waals surface area contributed by atoms with Crippen LogP contribution in [0.25, 0.3) is 0 Å². The van der Waals surface area contributed by atoms with Crippen LogP contribution in [0, 0.1) is 20.8 Å². The standard InChI is InChI=1S/C13H17N3O/c1-8-9(2)14-16(10(8)3)7-12-6-13(17-15-12)11-4-5-11/h6,11H,4-5,7H2,1-3H3. The van der Waals surface area contributed by atoms with E-state index < -0.39 is 0 Å². The zero-order valence-electron chi connectivity index (χ0n) is 10.5. The summed E-state index contributed by atoms with van der Waals surface area (Å²) in [5, 5.41) is 8.63. The molecule has 0 radical (unpaired) electrons. The van der Waals surface area contributed by atoms with Gasteiger partial charge in [0.1, 0.15) is 11.5 Å². The Balaban J connectivity index is 1.82. The largest absolute Gasteiger partial charge is 0.361 e. The first-order valence-electron chi connectivity index (χ1n) is 6.11. The van der Waals surface area contributed by atoms with Crippen molar-refractivity contribution in [1.29, 1.82) is 0 Å². The molecule has 1 fully saturated rings. The molecule has 0 unspecified atom stereocenters. The average Bonchev–Trinajstić information content (AvgIpc) is 3.02. The van der Waals surface area contributed by atoms with Gasteiger partial charge < -0.3 is 4.52 Å². The van der Waals surface area contributed by atoms with Crippen molar-refractivity contribution < 1.29 is 4.52 Å². The molecule has 17 heavy (non-hydrogen) atoms. The molecule has 0 aliphatic heterocycles. The van der Waals surface area contributed by atoms with E-state index in [1.807, 2.05) is 11.6 Å². The number of aryl methyl sites for hydroxylation is 1. The Hall–Kier alpha value is -1.58. The fourth-order valence-corrected chi connectivity index (χ4v) is 2.06. The maximum absolute atomic E-state index is 5.35. The number of aromatic nitrogens is 3. The molecular weight excluding hydrogens is 214 g/mol. The van der Waals surface area contributed by atoms with Gasteiger partial charge in [-0.1, -0.05) is 5.16 Å². The molecule has 0 spiro atoms. The molecule has 0 bridgehead atoms. The molecule has 1 aliphatic rings. The minimum atomic E-state index is 0.624. The highest BCUT2D eigenvalue weighted by Crippen LogP contribution is 2.40. The first-order chi connectivity index (χ1) is 8.15. The highest BCUT2D eigenvalue weighted by atomic mass is 16.5. The van der Waals surface area contributed by atoms with E-state index in [1.165, 1.54) is 24.1 Å². The highest BCUT2D eigenvalue weighted by molar-refractivity contribution is 5.23. The summed E-state index contributed by atoms with van der Waals surface area (Å²) < 4.78 is 7.35. The van der Waals surface area contributed by atoms with E-state index in [9.17, 15) is 0 Å². The van der Waals surface area contributed by atoms with Crippen molar-refractivity contribution in [2.45, 2.75) is 46.1 Å². The van der Waals surface area contributed by atoms with Gasteiger partial charge in [-0.3, -0.25) is 4.68 Å². The van der Waals surface area contributed by atoms with E-state index in [-0.39, 0.29) is 0 Å². The molecule has 0 N–H and O–H groups in total. The van der Waals surface area contributed by atoms with Crippen LogP contribution in [0.2, 0.25) is 0 Å². The minimum absolute atomic E-state index is 0.624. The molecule has 1 saturated carbocycles. The molecular formula is C13H17N3O. The normalized spacial score (nSPS) is 15.5. The van der Waals surface area contributed by atoms with Crippen molar-refractivity contribution in [2.75, 3.05) is 0 Å². The highest BCUT2D eigenvalue weighted by Gasteiger charge is 2.27. The van der Waals surface area contributed by atoms with Gasteiger partial charge in [-0.15, -0.1) is 0 Å².